The SMILES string of the molecule is Cc1cc(C)c2c(CCCNC(C)C)cn(C)c2c1. The molecule has 0 radical (unpaired) electrons. The first-order chi connectivity index (χ1) is 8.99. The normalized spacial score (nSPS) is 11.7. The van der Waals surface area contributed by atoms with E-state index in [1.165, 1.54) is 34.0 Å². The number of nitrogens with zero attached hydrogens (tertiary/aromatic N) is 1. The molecule has 19 heavy (non-hydrogen) atoms. The van der Waals surface area contributed by atoms with Crippen molar-refractivity contribution in [3.8, 4) is 0 Å². The van der Waals surface area contributed by atoms with E-state index < -0.39 is 0 Å². The zero-order valence-electron chi connectivity index (χ0n) is 12.9. The first kappa shape index (κ1) is 14.1. The summed E-state index contributed by atoms with van der Waals surface area (Å²) >= 11 is 0. The molecule has 104 valence electrons. The van der Waals surface area contributed by atoms with E-state index >= 15 is 0 Å². The van der Waals surface area contributed by atoms with Gasteiger partial charge in [-0.1, -0.05) is 19.9 Å². The molecule has 0 fully saturated rings. The summed E-state index contributed by atoms with van der Waals surface area (Å²) in [5.41, 5.74) is 5.60. The topological polar surface area (TPSA) is 17.0 Å². The molecule has 1 aromatic heterocycles. The molecule has 2 heteroatoms. The van der Waals surface area contributed by atoms with Gasteiger partial charge in [0.2, 0.25) is 0 Å². The molecule has 0 amide bonds. The maximum absolute atomic E-state index is 3.49. The van der Waals surface area contributed by atoms with E-state index in [4.69, 9.17) is 0 Å². The van der Waals surface area contributed by atoms with E-state index in [9.17, 15) is 0 Å². The van der Waals surface area contributed by atoms with E-state index in [1.807, 2.05) is 0 Å². The highest BCUT2D eigenvalue weighted by atomic mass is 14.9. The Morgan fingerprint density at radius 3 is 2.63 bits per heavy atom. The maximum Gasteiger partial charge on any atom is 0.0485 e. The minimum absolute atomic E-state index is 0.580. The Kier molecular flexibility index (Phi) is 4.31. The van der Waals surface area contributed by atoms with Gasteiger partial charge in [0.1, 0.15) is 0 Å². The quantitative estimate of drug-likeness (QED) is 0.809. The van der Waals surface area contributed by atoms with Gasteiger partial charge in [0, 0.05) is 30.2 Å². The zero-order chi connectivity index (χ0) is 14.0. The first-order valence-corrected chi connectivity index (χ1v) is 7.27. The van der Waals surface area contributed by atoms with Crippen molar-refractivity contribution in [1.29, 1.82) is 0 Å². The number of hydrogen-bond acceptors (Lipinski definition) is 1. The summed E-state index contributed by atoms with van der Waals surface area (Å²) in [4.78, 5) is 0. The summed E-state index contributed by atoms with van der Waals surface area (Å²) in [6.45, 7) is 9.89. The molecule has 2 rings (SSSR count). The van der Waals surface area contributed by atoms with Gasteiger partial charge in [-0.2, -0.15) is 0 Å². The summed E-state index contributed by atoms with van der Waals surface area (Å²) in [5.74, 6) is 0. The molecule has 0 saturated carbocycles. The minimum atomic E-state index is 0.580. The lowest BCUT2D eigenvalue weighted by atomic mass is 10.0. The van der Waals surface area contributed by atoms with Crippen molar-refractivity contribution in [1.82, 2.24) is 9.88 Å². The zero-order valence-corrected chi connectivity index (χ0v) is 12.9. The second-order valence-electron chi connectivity index (χ2n) is 5.95. The van der Waals surface area contributed by atoms with Gasteiger partial charge in [-0.25, -0.2) is 0 Å². The number of benzene rings is 1. The molecule has 2 nitrogen and oxygen atoms in total. The van der Waals surface area contributed by atoms with Gasteiger partial charge in [0.15, 0.2) is 0 Å². The average molecular weight is 258 g/mol. The van der Waals surface area contributed by atoms with Crippen LogP contribution in [0.1, 0.15) is 37.0 Å². The third-order valence-corrected chi connectivity index (χ3v) is 3.69. The molecule has 0 aliphatic heterocycles. The Hall–Kier alpha value is -1.28. The number of aromatic nitrogens is 1. The van der Waals surface area contributed by atoms with Gasteiger partial charge < -0.3 is 9.88 Å². The van der Waals surface area contributed by atoms with Crippen molar-refractivity contribution in [2.24, 2.45) is 7.05 Å². The molecule has 0 saturated heterocycles. The van der Waals surface area contributed by atoms with Crippen molar-refractivity contribution in [2.45, 2.75) is 46.6 Å². The van der Waals surface area contributed by atoms with E-state index in [1.54, 1.807) is 0 Å². The Morgan fingerprint density at radius 2 is 1.95 bits per heavy atom. The van der Waals surface area contributed by atoms with Crippen LogP contribution in [0.15, 0.2) is 18.3 Å². The molecule has 0 spiro atoms. The fourth-order valence-corrected chi connectivity index (χ4v) is 2.87. The van der Waals surface area contributed by atoms with Gasteiger partial charge in [0.25, 0.3) is 0 Å². The number of fused-ring (bicyclic) bond motifs is 1. The van der Waals surface area contributed by atoms with Gasteiger partial charge >= 0.3 is 0 Å². The van der Waals surface area contributed by atoms with Crippen LogP contribution in [0.25, 0.3) is 10.9 Å². The van der Waals surface area contributed by atoms with E-state index in [0.717, 1.165) is 13.0 Å². The van der Waals surface area contributed by atoms with Crippen molar-refractivity contribution in [3.05, 3.63) is 35.0 Å². The summed E-state index contributed by atoms with van der Waals surface area (Å²) in [5, 5.41) is 4.94. The summed E-state index contributed by atoms with van der Waals surface area (Å²) in [6, 6.07) is 5.16. The van der Waals surface area contributed by atoms with Gasteiger partial charge in [0.05, 0.1) is 0 Å². The largest absolute Gasteiger partial charge is 0.350 e. The van der Waals surface area contributed by atoms with E-state index in [-0.39, 0.29) is 0 Å². The predicted molar refractivity (Wildman–Crippen MR) is 83.9 cm³/mol. The molecule has 2 aromatic rings. The lowest BCUT2D eigenvalue weighted by Crippen LogP contribution is -2.23. The number of nitrogens with one attached hydrogen (secondary N) is 1. The van der Waals surface area contributed by atoms with E-state index in [0.29, 0.717) is 6.04 Å². The van der Waals surface area contributed by atoms with Crippen LogP contribution in [0.3, 0.4) is 0 Å². The number of rotatable bonds is 5. The highest BCUT2D eigenvalue weighted by Gasteiger charge is 2.09. The molecule has 1 heterocycles. The number of hydrogen-bond donors (Lipinski definition) is 1. The van der Waals surface area contributed by atoms with Crippen LogP contribution in [0.5, 0.6) is 0 Å². The summed E-state index contributed by atoms with van der Waals surface area (Å²) in [7, 11) is 2.15. The Balaban J connectivity index is 2.20. The third kappa shape index (κ3) is 3.19. The van der Waals surface area contributed by atoms with Crippen LogP contribution in [0.2, 0.25) is 0 Å². The molecular weight excluding hydrogens is 232 g/mol. The molecule has 1 N–H and O–H groups in total. The van der Waals surface area contributed by atoms with Crippen LogP contribution in [-0.2, 0) is 13.5 Å². The second-order valence-corrected chi connectivity index (χ2v) is 5.95. The first-order valence-electron chi connectivity index (χ1n) is 7.27. The molecule has 0 atom stereocenters. The lowest BCUT2D eigenvalue weighted by molar-refractivity contribution is 0.571. The lowest BCUT2D eigenvalue weighted by Gasteiger charge is -2.08. The Labute approximate surface area is 116 Å². The van der Waals surface area contributed by atoms with Crippen LogP contribution in [0, 0.1) is 13.8 Å². The fourth-order valence-electron chi connectivity index (χ4n) is 2.87. The van der Waals surface area contributed by atoms with Crippen LogP contribution < -0.4 is 5.32 Å². The van der Waals surface area contributed by atoms with E-state index in [2.05, 4.69) is 63.0 Å². The maximum atomic E-state index is 3.49. The molecule has 0 unspecified atom stereocenters. The van der Waals surface area contributed by atoms with Gasteiger partial charge in [-0.05, 0) is 56.0 Å². The summed E-state index contributed by atoms with van der Waals surface area (Å²) < 4.78 is 2.26. The second kappa shape index (κ2) is 5.79. The Bertz CT molecular complexity index is 564. The Morgan fingerprint density at radius 1 is 1.21 bits per heavy atom. The minimum Gasteiger partial charge on any atom is -0.350 e. The summed E-state index contributed by atoms with van der Waals surface area (Å²) in [6.07, 6.45) is 4.65. The third-order valence-electron chi connectivity index (χ3n) is 3.69. The van der Waals surface area contributed by atoms with Crippen LogP contribution in [0.4, 0.5) is 0 Å². The van der Waals surface area contributed by atoms with Gasteiger partial charge in [-0.15, -0.1) is 0 Å². The molecule has 0 bridgehead atoms. The van der Waals surface area contributed by atoms with Crippen molar-refractivity contribution in [3.63, 3.8) is 0 Å². The van der Waals surface area contributed by atoms with Crippen LogP contribution >= 0.6 is 0 Å². The van der Waals surface area contributed by atoms with Gasteiger partial charge in [-0.3, -0.25) is 0 Å². The fraction of sp³-hybridized carbons (Fsp3) is 0.529. The van der Waals surface area contributed by atoms with Crippen LogP contribution in [-0.4, -0.2) is 17.2 Å². The predicted octanol–water partition coefficient (Wildman–Crippen LogP) is 3.73. The highest BCUT2D eigenvalue weighted by molar-refractivity contribution is 5.87. The molecule has 0 aliphatic carbocycles. The highest BCUT2D eigenvalue weighted by Crippen LogP contribution is 2.26. The van der Waals surface area contributed by atoms with Crippen molar-refractivity contribution in [2.75, 3.05) is 6.54 Å². The number of aryl methyl sites for hydroxylation is 4. The average Bonchev–Trinajstić information content (AvgIpc) is 2.62. The molecule has 0 aliphatic rings. The molecular formula is C17H26N2. The smallest absolute Gasteiger partial charge is 0.0485 e. The standard InChI is InChI=1S/C17H26N2/c1-12(2)18-8-6-7-15-11-19(5)16-10-13(3)9-14(4)17(15)16/h9-12,18H,6-8H2,1-5H3. The molecule has 1 aromatic carbocycles. The van der Waals surface area contributed by atoms with Crippen molar-refractivity contribution < 1.29 is 0 Å². The monoisotopic (exact) mass is 258 g/mol. The van der Waals surface area contributed by atoms with Crippen molar-refractivity contribution >= 4 is 10.9 Å².